The van der Waals surface area contributed by atoms with E-state index in [9.17, 15) is 21.6 Å². The Morgan fingerprint density at radius 3 is 2.08 bits per heavy atom. The van der Waals surface area contributed by atoms with Gasteiger partial charge in [-0.25, -0.2) is 0 Å². The molecule has 0 amide bonds. The minimum Gasteiger partial charge on any atom is -0.281 e. The summed E-state index contributed by atoms with van der Waals surface area (Å²) in [6, 6.07) is 1.32. The first-order valence-corrected chi connectivity index (χ1v) is 5.11. The molecule has 1 heterocycles. The summed E-state index contributed by atoms with van der Waals surface area (Å²) in [5.74, 6) is 0. The molecular weight excluding hydrogens is 229 g/mol. The lowest BCUT2D eigenvalue weighted by Gasteiger charge is -2.00. The first-order valence-electron chi connectivity index (χ1n) is 2.86. The van der Waals surface area contributed by atoms with Crippen LogP contribution in [0.15, 0.2) is 16.3 Å². The highest BCUT2D eigenvalue weighted by Gasteiger charge is 2.33. The van der Waals surface area contributed by atoms with E-state index in [1.807, 2.05) is 0 Å². The van der Waals surface area contributed by atoms with Gasteiger partial charge < -0.3 is 0 Å². The second-order valence-electron chi connectivity index (χ2n) is 2.09. The lowest BCUT2D eigenvalue weighted by Crippen LogP contribution is -2.00. The molecule has 0 saturated carbocycles. The SMILES string of the molecule is O=S(=O)(O)c1ccc(C(F)(F)F)s1. The largest absolute Gasteiger partial charge is 0.425 e. The summed E-state index contributed by atoms with van der Waals surface area (Å²) < 4.78 is 64.2. The molecule has 3 nitrogen and oxygen atoms in total. The number of hydrogen-bond donors (Lipinski definition) is 1. The summed E-state index contributed by atoms with van der Waals surface area (Å²) in [6.07, 6.45) is -4.58. The van der Waals surface area contributed by atoms with Gasteiger partial charge in [-0.3, -0.25) is 4.55 Å². The third kappa shape index (κ3) is 2.42. The zero-order valence-electron chi connectivity index (χ0n) is 5.87. The fourth-order valence-electron chi connectivity index (χ4n) is 0.611. The van der Waals surface area contributed by atoms with E-state index >= 15 is 0 Å². The van der Waals surface area contributed by atoms with Gasteiger partial charge in [-0.1, -0.05) is 0 Å². The van der Waals surface area contributed by atoms with E-state index in [2.05, 4.69) is 0 Å². The summed E-state index contributed by atoms with van der Waals surface area (Å²) in [6.45, 7) is 0. The Kier molecular flexibility index (Phi) is 2.39. The van der Waals surface area contributed by atoms with Gasteiger partial charge in [0, 0.05) is 0 Å². The standard InChI is InChI=1S/C5H3F3O3S2/c6-5(7,8)3-1-2-4(12-3)13(9,10)11/h1-2H,(H,9,10,11). The maximum Gasteiger partial charge on any atom is 0.425 e. The first-order chi connectivity index (χ1) is 5.71. The molecule has 74 valence electrons. The lowest BCUT2D eigenvalue weighted by molar-refractivity contribution is -0.134. The normalized spacial score (nSPS) is 13.2. The van der Waals surface area contributed by atoms with Crippen molar-refractivity contribution in [3.05, 3.63) is 17.0 Å². The molecule has 0 radical (unpaired) electrons. The second kappa shape index (κ2) is 2.96. The van der Waals surface area contributed by atoms with E-state index in [0.29, 0.717) is 12.1 Å². The van der Waals surface area contributed by atoms with Crippen molar-refractivity contribution in [2.24, 2.45) is 0 Å². The van der Waals surface area contributed by atoms with Crippen molar-refractivity contribution in [3.8, 4) is 0 Å². The molecule has 0 bridgehead atoms. The zero-order valence-corrected chi connectivity index (χ0v) is 7.50. The van der Waals surface area contributed by atoms with E-state index in [-0.39, 0.29) is 11.3 Å². The molecule has 0 spiro atoms. The highest BCUT2D eigenvalue weighted by molar-refractivity contribution is 7.88. The Morgan fingerprint density at radius 2 is 1.85 bits per heavy atom. The molecule has 0 aliphatic rings. The average Bonchev–Trinajstić information content (AvgIpc) is 2.28. The molecule has 0 aliphatic carbocycles. The number of rotatable bonds is 1. The monoisotopic (exact) mass is 232 g/mol. The van der Waals surface area contributed by atoms with Crippen LogP contribution in [0.3, 0.4) is 0 Å². The first kappa shape index (κ1) is 10.5. The van der Waals surface area contributed by atoms with Gasteiger partial charge in [-0.05, 0) is 12.1 Å². The molecule has 1 rings (SSSR count). The van der Waals surface area contributed by atoms with Gasteiger partial charge in [0.2, 0.25) is 0 Å². The van der Waals surface area contributed by atoms with Crippen LogP contribution in [-0.2, 0) is 16.3 Å². The van der Waals surface area contributed by atoms with E-state index in [4.69, 9.17) is 4.55 Å². The van der Waals surface area contributed by atoms with Gasteiger partial charge in [0.1, 0.15) is 9.09 Å². The van der Waals surface area contributed by atoms with Crippen LogP contribution in [0.5, 0.6) is 0 Å². The molecule has 1 aromatic rings. The minimum atomic E-state index is -4.58. The van der Waals surface area contributed by atoms with Crippen LogP contribution >= 0.6 is 11.3 Å². The summed E-state index contributed by atoms with van der Waals surface area (Å²) in [5, 5.41) is 0. The third-order valence-electron chi connectivity index (χ3n) is 1.11. The van der Waals surface area contributed by atoms with Crippen molar-refractivity contribution in [1.82, 2.24) is 0 Å². The van der Waals surface area contributed by atoms with Gasteiger partial charge in [0.05, 0.1) is 0 Å². The predicted molar refractivity (Wildman–Crippen MR) is 39.1 cm³/mol. The van der Waals surface area contributed by atoms with Crippen LogP contribution in [0.2, 0.25) is 0 Å². The summed E-state index contributed by atoms with van der Waals surface area (Å²) in [5.41, 5.74) is 0. The Balaban J connectivity index is 3.16. The molecule has 0 aromatic carbocycles. The number of halogens is 3. The molecule has 13 heavy (non-hydrogen) atoms. The number of alkyl halides is 3. The van der Waals surface area contributed by atoms with Crippen LogP contribution in [0.4, 0.5) is 13.2 Å². The highest BCUT2D eigenvalue weighted by atomic mass is 32.3. The molecule has 0 fully saturated rings. The fourth-order valence-corrected chi connectivity index (χ4v) is 2.15. The summed E-state index contributed by atoms with van der Waals surface area (Å²) in [7, 11) is -4.52. The Morgan fingerprint density at radius 1 is 1.31 bits per heavy atom. The molecule has 8 heteroatoms. The van der Waals surface area contributed by atoms with Gasteiger partial charge in [-0.2, -0.15) is 21.6 Å². The maximum absolute atomic E-state index is 11.9. The Labute approximate surface area is 75.6 Å². The van der Waals surface area contributed by atoms with Crippen LogP contribution in [0, 0.1) is 0 Å². The number of thiophene rings is 1. The Bertz CT molecular complexity index is 403. The van der Waals surface area contributed by atoms with Crippen LogP contribution < -0.4 is 0 Å². The van der Waals surface area contributed by atoms with Crippen molar-refractivity contribution in [3.63, 3.8) is 0 Å². The lowest BCUT2D eigenvalue weighted by atomic mass is 10.5. The quantitative estimate of drug-likeness (QED) is 0.753. The summed E-state index contributed by atoms with van der Waals surface area (Å²) >= 11 is -0.0162. The minimum absolute atomic E-state index is 0.0162. The van der Waals surface area contributed by atoms with Crippen molar-refractivity contribution in [1.29, 1.82) is 0 Å². The van der Waals surface area contributed by atoms with Gasteiger partial charge in [0.25, 0.3) is 0 Å². The van der Waals surface area contributed by atoms with E-state index in [0.717, 1.165) is 0 Å². The fraction of sp³-hybridized carbons (Fsp3) is 0.200. The van der Waals surface area contributed by atoms with Crippen LogP contribution in [0.1, 0.15) is 4.88 Å². The van der Waals surface area contributed by atoms with Crippen LogP contribution in [0.25, 0.3) is 0 Å². The number of hydrogen-bond acceptors (Lipinski definition) is 3. The molecule has 0 unspecified atom stereocenters. The van der Waals surface area contributed by atoms with Crippen molar-refractivity contribution < 1.29 is 26.1 Å². The van der Waals surface area contributed by atoms with Crippen molar-refractivity contribution in [2.45, 2.75) is 10.4 Å². The Hall–Kier alpha value is -0.600. The van der Waals surface area contributed by atoms with Gasteiger partial charge >= 0.3 is 16.3 Å². The predicted octanol–water partition coefficient (Wildman–Crippen LogP) is 2.01. The summed E-state index contributed by atoms with van der Waals surface area (Å²) in [4.78, 5) is -1.06. The molecule has 1 N–H and O–H groups in total. The van der Waals surface area contributed by atoms with E-state index in [1.54, 1.807) is 0 Å². The van der Waals surface area contributed by atoms with Gasteiger partial charge in [-0.15, -0.1) is 11.3 Å². The molecule has 0 saturated heterocycles. The maximum atomic E-state index is 11.9. The third-order valence-corrected chi connectivity index (χ3v) is 3.57. The average molecular weight is 232 g/mol. The molecular formula is C5H3F3O3S2. The van der Waals surface area contributed by atoms with E-state index in [1.165, 1.54) is 0 Å². The van der Waals surface area contributed by atoms with Gasteiger partial charge in [0.15, 0.2) is 0 Å². The van der Waals surface area contributed by atoms with E-state index < -0.39 is 25.4 Å². The van der Waals surface area contributed by atoms with Crippen molar-refractivity contribution in [2.75, 3.05) is 0 Å². The zero-order chi connectivity index (χ0) is 10.3. The van der Waals surface area contributed by atoms with Crippen molar-refractivity contribution >= 4 is 21.5 Å². The smallest absolute Gasteiger partial charge is 0.281 e. The molecule has 1 aromatic heterocycles. The molecule has 0 atom stereocenters. The molecule has 0 aliphatic heterocycles. The second-order valence-corrected chi connectivity index (χ2v) is 4.82. The topological polar surface area (TPSA) is 54.4 Å². The van der Waals surface area contributed by atoms with Crippen LogP contribution in [-0.4, -0.2) is 13.0 Å². The highest BCUT2D eigenvalue weighted by Crippen LogP contribution is 2.35.